The molecule has 3 heteroatoms. The molecule has 90 valence electrons. The van der Waals surface area contributed by atoms with Crippen LogP contribution < -0.4 is 0 Å². The van der Waals surface area contributed by atoms with Crippen LogP contribution >= 0.6 is 11.6 Å². The van der Waals surface area contributed by atoms with Crippen LogP contribution in [0.25, 0.3) is 12.2 Å². The van der Waals surface area contributed by atoms with Gasteiger partial charge in [-0.15, -0.1) is 0 Å². The fourth-order valence-corrected chi connectivity index (χ4v) is 1.63. The van der Waals surface area contributed by atoms with Crippen molar-refractivity contribution < 1.29 is 9.90 Å². The van der Waals surface area contributed by atoms with Crippen molar-refractivity contribution in [1.82, 2.24) is 0 Å². The Bertz CT molecular complexity index is 568. The van der Waals surface area contributed by atoms with Crippen LogP contribution in [0.4, 0.5) is 0 Å². The van der Waals surface area contributed by atoms with Gasteiger partial charge in [0.05, 0.1) is 5.56 Å². The van der Waals surface area contributed by atoms with E-state index in [0.29, 0.717) is 10.6 Å². The molecule has 2 nitrogen and oxygen atoms in total. The largest absolute Gasteiger partial charge is 0.478 e. The molecule has 0 unspecified atom stereocenters. The number of aromatic carboxylic acids is 1. The van der Waals surface area contributed by atoms with E-state index in [0.717, 1.165) is 11.1 Å². The summed E-state index contributed by atoms with van der Waals surface area (Å²) < 4.78 is 0. The Hall–Kier alpha value is -2.06. The number of hydrogen-bond acceptors (Lipinski definition) is 1. The summed E-state index contributed by atoms with van der Waals surface area (Å²) >= 11 is 5.80. The van der Waals surface area contributed by atoms with Crippen molar-refractivity contribution in [3.05, 3.63) is 70.2 Å². The molecular weight excluding hydrogens is 248 g/mol. The molecule has 0 radical (unpaired) electrons. The fraction of sp³-hybridized carbons (Fsp3) is 0. The first kappa shape index (κ1) is 12.4. The molecule has 0 bridgehead atoms. The number of benzene rings is 2. The Kier molecular flexibility index (Phi) is 3.80. The molecule has 2 rings (SSSR count). The molecule has 0 aliphatic rings. The minimum absolute atomic E-state index is 0.290. The van der Waals surface area contributed by atoms with Gasteiger partial charge in [-0.25, -0.2) is 4.79 Å². The zero-order valence-corrected chi connectivity index (χ0v) is 10.3. The topological polar surface area (TPSA) is 37.3 Å². The van der Waals surface area contributed by atoms with Gasteiger partial charge in [-0.1, -0.05) is 48.0 Å². The van der Waals surface area contributed by atoms with E-state index in [1.165, 1.54) is 0 Å². The maximum absolute atomic E-state index is 10.7. The highest BCUT2D eigenvalue weighted by atomic mass is 35.5. The van der Waals surface area contributed by atoms with Crippen LogP contribution in [0.5, 0.6) is 0 Å². The van der Waals surface area contributed by atoms with Gasteiger partial charge in [0.15, 0.2) is 0 Å². The molecule has 18 heavy (non-hydrogen) atoms. The summed E-state index contributed by atoms with van der Waals surface area (Å²) in [5, 5.41) is 9.49. The monoisotopic (exact) mass is 258 g/mol. The van der Waals surface area contributed by atoms with Crippen molar-refractivity contribution in [2.24, 2.45) is 0 Å². The van der Waals surface area contributed by atoms with Crippen molar-refractivity contribution >= 4 is 29.7 Å². The van der Waals surface area contributed by atoms with Crippen LogP contribution in [0.1, 0.15) is 21.5 Å². The Morgan fingerprint density at radius 1 is 0.889 bits per heavy atom. The highest BCUT2D eigenvalue weighted by Crippen LogP contribution is 2.13. The van der Waals surface area contributed by atoms with E-state index in [1.807, 2.05) is 36.4 Å². The van der Waals surface area contributed by atoms with Crippen molar-refractivity contribution in [3.63, 3.8) is 0 Å². The molecule has 2 aromatic carbocycles. The van der Waals surface area contributed by atoms with Gasteiger partial charge in [0, 0.05) is 5.02 Å². The van der Waals surface area contributed by atoms with Gasteiger partial charge in [-0.3, -0.25) is 0 Å². The van der Waals surface area contributed by atoms with Gasteiger partial charge >= 0.3 is 5.97 Å². The highest BCUT2D eigenvalue weighted by Gasteiger charge is 1.99. The quantitative estimate of drug-likeness (QED) is 0.838. The minimum Gasteiger partial charge on any atom is -0.478 e. The van der Waals surface area contributed by atoms with E-state index in [-0.39, 0.29) is 0 Å². The summed E-state index contributed by atoms with van der Waals surface area (Å²) in [5.41, 5.74) is 2.29. The summed E-state index contributed by atoms with van der Waals surface area (Å²) in [7, 11) is 0. The molecule has 0 saturated carbocycles. The molecule has 0 aliphatic heterocycles. The van der Waals surface area contributed by atoms with E-state index < -0.39 is 5.97 Å². The zero-order chi connectivity index (χ0) is 13.0. The summed E-state index contributed by atoms with van der Waals surface area (Å²) in [6, 6.07) is 14.2. The van der Waals surface area contributed by atoms with Crippen molar-refractivity contribution in [2.45, 2.75) is 0 Å². The molecule has 0 amide bonds. The van der Waals surface area contributed by atoms with Gasteiger partial charge in [0.1, 0.15) is 0 Å². The lowest BCUT2D eigenvalue weighted by atomic mass is 10.1. The maximum atomic E-state index is 10.7. The number of rotatable bonds is 3. The van der Waals surface area contributed by atoms with Crippen LogP contribution in [0.2, 0.25) is 5.02 Å². The summed E-state index contributed by atoms with van der Waals surface area (Å²) in [4.78, 5) is 10.7. The molecule has 1 N–H and O–H groups in total. The van der Waals surface area contributed by atoms with Crippen LogP contribution in [-0.4, -0.2) is 11.1 Å². The van der Waals surface area contributed by atoms with E-state index in [2.05, 4.69) is 0 Å². The van der Waals surface area contributed by atoms with Crippen LogP contribution in [0, 0.1) is 0 Å². The third kappa shape index (κ3) is 3.22. The van der Waals surface area contributed by atoms with Gasteiger partial charge < -0.3 is 5.11 Å². The van der Waals surface area contributed by atoms with Crippen molar-refractivity contribution in [1.29, 1.82) is 0 Å². The third-order valence-corrected chi connectivity index (χ3v) is 2.75. The average Bonchev–Trinajstić information content (AvgIpc) is 2.38. The molecule has 0 atom stereocenters. The predicted octanol–water partition coefficient (Wildman–Crippen LogP) is 4.21. The number of hydrogen-bond donors (Lipinski definition) is 1. The van der Waals surface area contributed by atoms with Crippen LogP contribution in [-0.2, 0) is 0 Å². The normalized spacial score (nSPS) is 10.7. The number of carboxylic acid groups (broad SMARTS) is 1. The zero-order valence-electron chi connectivity index (χ0n) is 9.51. The lowest BCUT2D eigenvalue weighted by Crippen LogP contribution is -1.94. The molecule has 0 fully saturated rings. The fourth-order valence-electron chi connectivity index (χ4n) is 1.50. The van der Waals surface area contributed by atoms with Gasteiger partial charge in [0.25, 0.3) is 0 Å². The van der Waals surface area contributed by atoms with Crippen LogP contribution in [0.3, 0.4) is 0 Å². The average molecular weight is 259 g/mol. The lowest BCUT2D eigenvalue weighted by molar-refractivity contribution is 0.0697. The molecular formula is C15H11ClO2. The summed E-state index contributed by atoms with van der Waals surface area (Å²) in [5.74, 6) is -0.914. The van der Waals surface area contributed by atoms with Gasteiger partial charge in [-0.2, -0.15) is 0 Å². The molecule has 0 heterocycles. The first-order valence-electron chi connectivity index (χ1n) is 5.42. The third-order valence-electron chi connectivity index (χ3n) is 2.50. The van der Waals surface area contributed by atoms with Crippen molar-refractivity contribution in [3.8, 4) is 0 Å². The van der Waals surface area contributed by atoms with Gasteiger partial charge in [-0.05, 0) is 35.4 Å². The van der Waals surface area contributed by atoms with Crippen LogP contribution in [0.15, 0.2) is 48.5 Å². The highest BCUT2D eigenvalue weighted by molar-refractivity contribution is 6.30. The molecule has 0 aliphatic carbocycles. The Labute approximate surface area is 110 Å². The standard InChI is InChI=1S/C15H11ClO2/c16-14-9-5-12(6-10-14)2-1-11-3-7-13(8-4-11)15(17)18/h1-10H,(H,17,18)/b2-1+. The Balaban J connectivity index is 2.13. The van der Waals surface area contributed by atoms with E-state index in [9.17, 15) is 4.79 Å². The summed E-state index contributed by atoms with van der Waals surface area (Å²) in [6.07, 6.45) is 3.88. The van der Waals surface area contributed by atoms with E-state index in [4.69, 9.17) is 16.7 Å². The molecule has 0 spiro atoms. The SMILES string of the molecule is O=C(O)c1ccc(/C=C/c2ccc(Cl)cc2)cc1. The van der Waals surface area contributed by atoms with E-state index in [1.54, 1.807) is 24.3 Å². The van der Waals surface area contributed by atoms with Gasteiger partial charge in [0.2, 0.25) is 0 Å². The Morgan fingerprint density at radius 2 is 1.33 bits per heavy atom. The minimum atomic E-state index is -0.914. The molecule has 0 saturated heterocycles. The second-order valence-electron chi connectivity index (χ2n) is 3.81. The Morgan fingerprint density at radius 3 is 1.78 bits per heavy atom. The second kappa shape index (κ2) is 5.52. The maximum Gasteiger partial charge on any atom is 0.335 e. The van der Waals surface area contributed by atoms with E-state index >= 15 is 0 Å². The predicted molar refractivity (Wildman–Crippen MR) is 73.8 cm³/mol. The number of halogens is 1. The first-order valence-corrected chi connectivity index (χ1v) is 5.80. The summed E-state index contributed by atoms with van der Waals surface area (Å²) in [6.45, 7) is 0. The number of carboxylic acids is 1. The molecule has 2 aromatic rings. The smallest absolute Gasteiger partial charge is 0.335 e. The van der Waals surface area contributed by atoms with Crippen molar-refractivity contribution in [2.75, 3.05) is 0 Å². The molecule has 0 aromatic heterocycles. The first-order chi connectivity index (χ1) is 8.65. The lowest BCUT2D eigenvalue weighted by Gasteiger charge is -1.97. The number of carbonyl (C=O) groups is 1. The second-order valence-corrected chi connectivity index (χ2v) is 4.25.